The lowest BCUT2D eigenvalue weighted by molar-refractivity contribution is -0.117. The highest BCUT2D eigenvalue weighted by Crippen LogP contribution is 2.21. The molecule has 1 aromatic carbocycles. The van der Waals surface area contributed by atoms with E-state index >= 15 is 0 Å². The molecule has 94 valence electrons. The van der Waals surface area contributed by atoms with Gasteiger partial charge in [0.25, 0.3) is 0 Å². The van der Waals surface area contributed by atoms with Gasteiger partial charge in [-0.1, -0.05) is 33.6 Å². The van der Waals surface area contributed by atoms with E-state index in [0.29, 0.717) is 31.1 Å². The SMILES string of the molecule is COCCNCC(=O)Cc1ccc(Br)cc1Cl. The fourth-order valence-corrected chi connectivity index (χ4v) is 2.08. The van der Waals surface area contributed by atoms with Crippen molar-refractivity contribution in [1.29, 1.82) is 0 Å². The Morgan fingerprint density at radius 2 is 2.29 bits per heavy atom. The molecule has 0 aliphatic rings. The largest absolute Gasteiger partial charge is 0.383 e. The number of ether oxygens (including phenoxy) is 1. The Balaban J connectivity index is 2.40. The van der Waals surface area contributed by atoms with E-state index in [4.69, 9.17) is 16.3 Å². The predicted octanol–water partition coefficient (Wildman–Crippen LogP) is 2.45. The summed E-state index contributed by atoms with van der Waals surface area (Å²) < 4.78 is 5.79. The third-order valence-corrected chi connectivity index (χ3v) is 3.05. The van der Waals surface area contributed by atoms with E-state index in [2.05, 4.69) is 21.2 Å². The van der Waals surface area contributed by atoms with Gasteiger partial charge in [0.2, 0.25) is 0 Å². The Morgan fingerprint density at radius 3 is 2.94 bits per heavy atom. The molecule has 0 aliphatic heterocycles. The van der Waals surface area contributed by atoms with E-state index in [0.717, 1.165) is 10.0 Å². The summed E-state index contributed by atoms with van der Waals surface area (Å²) in [6, 6.07) is 5.54. The van der Waals surface area contributed by atoms with E-state index in [1.54, 1.807) is 13.2 Å². The summed E-state index contributed by atoms with van der Waals surface area (Å²) in [6.07, 6.45) is 0.353. The van der Waals surface area contributed by atoms with Crippen LogP contribution in [0.1, 0.15) is 5.56 Å². The quantitative estimate of drug-likeness (QED) is 0.784. The van der Waals surface area contributed by atoms with Gasteiger partial charge in [-0.3, -0.25) is 4.79 Å². The predicted molar refractivity (Wildman–Crippen MR) is 72.6 cm³/mol. The summed E-state index contributed by atoms with van der Waals surface area (Å²) >= 11 is 9.36. The molecule has 0 heterocycles. The van der Waals surface area contributed by atoms with Gasteiger partial charge in [0.15, 0.2) is 5.78 Å². The lowest BCUT2D eigenvalue weighted by atomic mass is 10.1. The van der Waals surface area contributed by atoms with Crippen molar-refractivity contribution in [3.63, 3.8) is 0 Å². The molecule has 1 rings (SSSR count). The molecule has 0 saturated carbocycles. The van der Waals surface area contributed by atoms with Gasteiger partial charge >= 0.3 is 0 Å². The topological polar surface area (TPSA) is 38.3 Å². The van der Waals surface area contributed by atoms with Crippen LogP contribution in [0.4, 0.5) is 0 Å². The zero-order valence-corrected chi connectivity index (χ0v) is 12.0. The maximum absolute atomic E-state index is 11.6. The van der Waals surface area contributed by atoms with E-state index in [1.165, 1.54) is 0 Å². The van der Waals surface area contributed by atoms with Crippen molar-refractivity contribution in [1.82, 2.24) is 5.32 Å². The minimum absolute atomic E-state index is 0.116. The number of carbonyl (C=O) groups is 1. The maximum atomic E-state index is 11.6. The Hall–Kier alpha value is -0.420. The smallest absolute Gasteiger partial charge is 0.151 e. The molecule has 0 bridgehead atoms. The summed E-state index contributed by atoms with van der Waals surface area (Å²) in [7, 11) is 1.63. The Labute approximate surface area is 115 Å². The first kappa shape index (κ1) is 14.6. The van der Waals surface area contributed by atoms with Crippen LogP contribution >= 0.6 is 27.5 Å². The normalized spacial score (nSPS) is 10.5. The number of ketones is 1. The van der Waals surface area contributed by atoms with Crippen molar-refractivity contribution in [2.24, 2.45) is 0 Å². The number of hydrogen-bond acceptors (Lipinski definition) is 3. The Morgan fingerprint density at radius 1 is 1.53 bits per heavy atom. The van der Waals surface area contributed by atoms with Gasteiger partial charge in [0, 0.05) is 29.6 Å². The maximum Gasteiger partial charge on any atom is 0.151 e. The summed E-state index contributed by atoms with van der Waals surface area (Å²) in [5, 5.41) is 3.63. The van der Waals surface area contributed by atoms with Crippen molar-refractivity contribution < 1.29 is 9.53 Å². The highest BCUT2D eigenvalue weighted by Gasteiger charge is 2.07. The van der Waals surface area contributed by atoms with Crippen LogP contribution in [0.2, 0.25) is 5.02 Å². The molecule has 1 aromatic rings. The highest BCUT2D eigenvalue weighted by atomic mass is 79.9. The van der Waals surface area contributed by atoms with Crippen LogP contribution in [0.5, 0.6) is 0 Å². The van der Waals surface area contributed by atoms with E-state index in [9.17, 15) is 4.79 Å². The average molecular weight is 321 g/mol. The molecule has 5 heteroatoms. The van der Waals surface area contributed by atoms with Crippen LogP contribution in [0, 0.1) is 0 Å². The average Bonchev–Trinajstić information content (AvgIpc) is 2.28. The Bertz CT molecular complexity index is 385. The third kappa shape index (κ3) is 5.64. The van der Waals surface area contributed by atoms with Gasteiger partial charge in [-0.05, 0) is 17.7 Å². The molecular formula is C12H15BrClNO2. The van der Waals surface area contributed by atoms with Gasteiger partial charge in [0.05, 0.1) is 13.2 Å². The summed E-state index contributed by atoms with van der Waals surface area (Å²) in [5.41, 5.74) is 0.855. The second kappa shape index (κ2) is 7.82. The molecule has 0 fully saturated rings. The van der Waals surface area contributed by atoms with Crippen LogP contribution < -0.4 is 5.32 Å². The third-order valence-electron chi connectivity index (χ3n) is 2.21. The molecule has 0 amide bonds. The van der Waals surface area contributed by atoms with Crippen LogP contribution in [-0.2, 0) is 16.0 Å². The number of benzene rings is 1. The fourth-order valence-electron chi connectivity index (χ4n) is 1.34. The first-order valence-corrected chi connectivity index (χ1v) is 6.46. The van der Waals surface area contributed by atoms with Crippen molar-refractivity contribution in [3.05, 3.63) is 33.3 Å². The van der Waals surface area contributed by atoms with Crippen molar-refractivity contribution in [2.75, 3.05) is 26.8 Å². The standard InChI is InChI=1S/C12H15BrClNO2/c1-17-5-4-15-8-11(16)6-9-2-3-10(13)7-12(9)14/h2-3,7,15H,4-6,8H2,1H3. The second-order valence-electron chi connectivity index (χ2n) is 3.62. The summed E-state index contributed by atoms with van der Waals surface area (Å²) in [5.74, 6) is 0.116. The minimum Gasteiger partial charge on any atom is -0.383 e. The number of Topliss-reactive ketones (excluding diaryl/α,β-unsaturated/α-hetero) is 1. The molecule has 0 radical (unpaired) electrons. The molecule has 0 saturated heterocycles. The molecule has 0 unspecified atom stereocenters. The van der Waals surface area contributed by atoms with Gasteiger partial charge in [-0.15, -0.1) is 0 Å². The van der Waals surface area contributed by atoms with Crippen molar-refractivity contribution in [3.8, 4) is 0 Å². The lowest BCUT2D eigenvalue weighted by Gasteiger charge is -2.05. The van der Waals surface area contributed by atoms with Crippen LogP contribution in [-0.4, -0.2) is 32.6 Å². The fraction of sp³-hybridized carbons (Fsp3) is 0.417. The highest BCUT2D eigenvalue weighted by molar-refractivity contribution is 9.10. The molecule has 0 spiro atoms. The van der Waals surface area contributed by atoms with Crippen LogP contribution in [0.3, 0.4) is 0 Å². The number of hydrogen-bond donors (Lipinski definition) is 1. The lowest BCUT2D eigenvalue weighted by Crippen LogP contribution is -2.27. The van der Waals surface area contributed by atoms with Gasteiger partial charge in [-0.25, -0.2) is 0 Å². The van der Waals surface area contributed by atoms with E-state index in [-0.39, 0.29) is 5.78 Å². The number of nitrogens with one attached hydrogen (secondary N) is 1. The van der Waals surface area contributed by atoms with E-state index in [1.807, 2.05) is 12.1 Å². The Kier molecular flexibility index (Phi) is 6.73. The summed E-state index contributed by atoms with van der Waals surface area (Å²) in [6.45, 7) is 1.62. The molecule has 0 aliphatic carbocycles. The number of methoxy groups -OCH3 is 1. The van der Waals surface area contributed by atoms with Gasteiger partial charge in [0.1, 0.15) is 0 Å². The molecule has 3 nitrogen and oxygen atoms in total. The molecular weight excluding hydrogens is 305 g/mol. The van der Waals surface area contributed by atoms with Crippen molar-refractivity contribution in [2.45, 2.75) is 6.42 Å². The zero-order chi connectivity index (χ0) is 12.7. The number of halogens is 2. The minimum atomic E-state index is 0.116. The van der Waals surface area contributed by atoms with Gasteiger partial charge < -0.3 is 10.1 Å². The van der Waals surface area contributed by atoms with Crippen LogP contribution in [0.25, 0.3) is 0 Å². The zero-order valence-electron chi connectivity index (χ0n) is 9.63. The molecule has 1 N–H and O–H groups in total. The molecule has 17 heavy (non-hydrogen) atoms. The second-order valence-corrected chi connectivity index (χ2v) is 4.94. The number of carbonyl (C=O) groups excluding carboxylic acids is 1. The monoisotopic (exact) mass is 319 g/mol. The first-order chi connectivity index (χ1) is 8.13. The molecule has 0 atom stereocenters. The van der Waals surface area contributed by atoms with Crippen molar-refractivity contribution >= 4 is 33.3 Å². The number of rotatable bonds is 7. The first-order valence-electron chi connectivity index (χ1n) is 5.28. The summed E-state index contributed by atoms with van der Waals surface area (Å²) in [4.78, 5) is 11.6. The van der Waals surface area contributed by atoms with Crippen LogP contribution in [0.15, 0.2) is 22.7 Å². The van der Waals surface area contributed by atoms with Gasteiger partial charge in [-0.2, -0.15) is 0 Å². The van der Waals surface area contributed by atoms with E-state index < -0.39 is 0 Å². The molecule has 0 aromatic heterocycles.